The number of aromatic nitrogens is 2. The van der Waals surface area contributed by atoms with Crippen LogP contribution < -0.4 is 11.1 Å². The minimum absolute atomic E-state index is 0. The number of carbonyl (C=O) groups excluding carboxylic acids is 1. The Morgan fingerprint density at radius 1 is 1.11 bits per heavy atom. The molecule has 7 heteroatoms. The third-order valence-electron chi connectivity index (χ3n) is 4.28. The zero-order valence-corrected chi connectivity index (χ0v) is 15.2. The summed E-state index contributed by atoms with van der Waals surface area (Å²) in [6.45, 7) is 0.744. The van der Waals surface area contributed by atoms with Gasteiger partial charge >= 0.3 is 0 Å². The van der Waals surface area contributed by atoms with Crippen molar-refractivity contribution in [3.63, 3.8) is 0 Å². The quantitative estimate of drug-likeness (QED) is 0.435. The number of nitrogens with one attached hydrogen (secondary N) is 2. The van der Waals surface area contributed by atoms with Crippen LogP contribution >= 0.6 is 12.4 Å². The first-order valence-electron chi connectivity index (χ1n) is 8.36. The number of H-pyrrole nitrogens is 1. The summed E-state index contributed by atoms with van der Waals surface area (Å²) in [6, 6.07) is 16.5. The molecule has 0 atom stereocenters. The van der Waals surface area contributed by atoms with E-state index in [0.29, 0.717) is 24.5 Å². The SMILES string of the molecule is Cl.NCCNC(=O)c1cc2c([nH]c3ccccc32)c(-c2cccc(O)c2)n1. The number of amides is 1. The second kappa shape index (κ2) is 7.65. The maximum absolute atomic E-state index is 12.5. The van der Waals surface area contributed by atoms with Crippen molar-refractivity contribution in [1.82, 2.24) is 15.3 Å². The average molecular weight is 383 g/mol. The van der Waals surface area contributed by atoms with Gasteiger partial charge in [-0.1, -0.05) is 30.3 Å². The van der Waals surface area contributed by atoms with Gasteiger partial charge in [0.1, 0.15) is 11.4 Å². The molecular formula is C20H19ClN4O2. The molecule has 4 rings (SSSR count). The van der Waals surface area contributed by atoms with Crippen molar-refractivity contribution in [1.29, 1.82) is 0 Å². The Bertz CT molecular complexity index is 1120. The number of carbonyl (C=O) groups is 1. The van der Waals surface area contributed by atoms with Gasteiger partial charge in [0.05, 0.1) is 11.2 Å². The van der Waals surface area contributed by atoms with Crippen molar-refractivity contribution in [2.45, 2.75) is 0 Å². The van der Waals surface area contributed by atoms with E-state index in [-0.39, 0.29) is 24.1 Å². The van der Waals surface area contributed by atoms with Crippen molar-refractivity contribution in [2.75, 3.05) is 13.1 Å². The predicted molar refractivity (Wildman–Crippen MR) is 109 cm³/mol. The Kier molecular flexibility index (Phi) is 5.30. The number of aromatic amines is 1. The third-order valence-corrected chi connectivity index (χ3v) is 4.28. The lowest BCUT2D eigenvalue weighted by molar-refractivity contribution is 0.0950. The van der Waals surface area contributed by atoms with Crippen LogP contribution in [0.5, 0.6) is 5.75 Å². The molecule has 0 aliphatic rings. The van der Waals surface area contributed by atoms with Crippen LogP contribution in [0.4, 0.5) is 0 Å². The first-order valence-corrected chi connectivity index (χ1v) is 8.36. The van der Waals surface area contributed by atoms with E-state index in [9.17, 15) is 9.90 Å². The number of pyridine rings is 1. The summed E-state index contributed by atoms with van der Waals surface area (Å²) in [4.78, 5) is 20.4. The zero-order chi connectivity index (χ0) is 18.1. The number of phenols is 1. The minimum atomic E-state index is -0.274. The fourth-order valence-corrected chi connectivity index (χ4v) is 3.10. The van der Waals surface area contributed by atoms with E-state index in [0.717, 1.165) is 27.4 Å². The number of nitrogens with two attached hydrogens (primary N) is 1. The number of benzene rings is 2. The maximum atomic E-state index is 12.5. The van der Waals surface area contributed by atoms with Crippen molar-refractivity contribution in [2.24, 2.45) is 5.73 Å². The molecule has 1 amide bonds. The van der Waals surface area contributed by atoms with Crippen LogP contribution in [0.2, 0.25) is 0 Å². The van der Waals surface area contributed by atoms with Crippen LogP contribution in [-0.2, 0) is 0 Å². The number of fused-ring (bicyclic) bond motifs is 3. The van der Waals surface area contributed by atoms with Crippen LogP contribution in [0.1, 0.15) is 10.5 Å². The topological polar surface area (TPSA) is 104 Å². The van der Waals surface area contributed by atoms with Crippen molar-refractivity contribution in [3.05, 3.63) is 60.3 Å². The molecule has 138 valence electrons. The number of rotatable bonds is 4. The highest BCUT2D eigenvalue weighted by Crippen LogP contribution is 2.33. The lowest BCUT2D eigenvalue weighted by Crippen LogP contribution is -2.29. The molecule has 0 saturated carbocycles. The molecule has 4 aromatic rings. The molecule has 0 radical (unpaired) electrons. The Morgan fingerprint density at radius 2 is 1.93 bits per heavy atom. The zero-order valence-electron chi connectivity index (χ0n) is 14.4. The molecule has 0 fully saturated rings. The summed E-state index contributed by atoms with van der Waals surface area (Å²) in [7, 11) is 0. The number of halogens is 1. The van der Waals surface area contributed by atoms with Gasteiger partial charge in [-0.2, -0.15) is 0 Å². The van der Waals surface area contributed by atoms with E-state index < -0.39 is 0 Å². The first kappa shape index (κ1) is 18.7. The van der Waals surface area contributed by atoms with Gasteiger partial charge in [0.15, 0.2) is 0 Å². The summed E-state index contributed by atoms with van der Waals surface area (Å²) in [5.74, 6) is -0.129. The highest BCUT2D eigenvalue weighted by molar-refractivity contribution is 6.13. The normalized spacial score (nSPS) is 10.7. The van der Waals surface area contributed by atoms with E-state index >= 15 is 0 Å². The van der Waals surface area contributed by atoms with Gasteiger partial charge in [0, 0.05) is 34.9 Å². The van der Waals surface area contributed by atoms with Gasteiger partial charge in [-0.25, -0.2) is 4.98 Å². The van der Waals surface area contributed by atoms with Crippen LogP contribution in [0.15, 0.2) is 54.6 Å². The lowest BCUT2D eigenvalue weighted by Gasteiger charge is -2.08. The Morgan fingerprint density at radius 3 is 2.70 bits per heavy atom. The van der Waals surface area contributed by atoms with E-state index in [1.54, 1.807) is 24.3 Å². The molecule has 2 heterocycles. The fraction of sp³-hybridized carbons (Fsp3) is 0.100. The van der Waals surface area contributed by atoms with Crippen molar-refractivity contribution < 1.29 is 9.90 Å². The minimum Gasteiger partial charge on any atom is -0.508 e. The number of hydrogen-bond donors (Lipinski definition) is 4. The summed E-state index contributed by atoms with van der Waals surface area (Å²) in [5.41, 5.74) is 8.93. The summed E-state index contributed by atoms with van der Waals surface area (Å²) in [6.07, 6.45) is 0. The number of hydrogen-bond acceptors (Lipinski definition) is 4. The molecule has 2 aromatic carbocycles. The number of nitrogens with zero attached hydrogens (tertiary/aromatic N) is 1. The molecule has 0 unspecified atom stereocenters. The molecule has 0 aliphatic carbocycles. The summed E-state index contributed by atoms with van der Waals surface area (Å²) < 4.78 is 0. The Balaban J connectivity index is 0.00000210. The second-order valence-corrected chi connectivity index (χ2v) is 6.04. The fourth-order valence-electron chi connectivity index (χ4n) is 3.10. The van der Waals surface area contributed by atoms with Crippen LogP contribution in [0.3, 0.4) is 0 Å². The first-order chi connectivity index (χ1) is 12.7. The number of aromatic hydroxyl groups is 1. The van der Waals surface area contributed by atoms with Gasteiger partial charge in [0.2, 0.25) is 0 Å². The van der Waals surface area contributed by atoms with Gasteiger partial charge in [0.25, 0.3) is 5.91 Å². The van der Waals surface area contributed by atoms with Gasteiger partial charge in [-0.15, -0.1) is 12.4 Å². The summed E-state index contributed by atoms with van der Waals surface area (Å²) >= 11 is 0. The predicted octanol–water partition coefficient (Wildman–Crippen LogP) is 3.20. The van der Waals surface area contributed by atoms with Crippen LogP contribution in [0.25, 0.3) is 33.1 Å². The van der Waals surface area contributed by atoms with Gasteiger partial charge in [-0.3, -0.25) is 4.79 Å². The molecule has 0 bridgehead atoms. The van der Waals surface area contributed by atoms with Crippen molar-refractivity contribution in [3.8, 4) is 17.0 Å². The number of phenolic OH excluding ortho intramolecular Hbond substituents is 1. The average Bonchev–Trinajstić information content (AvgIpc) is 3.04. The second-order valence-electron chi connectivity index (χ2n) is 6.04. The highest BCUT2D eigenvalue weighted by Gasteiger charge is 2.17. The molecule has 2 aromatic heterocycles. The monoisotopic (exact) mass is 382 g/mol. The molecule has 0 spiro atoms. The standard InChI is InChI=1S/C20H18N4O2.ClH/c21-8-9-22-20(26)17-11-15-14-6-1-2-7-16(14)23-19(15)18(24-17)12-4-3-5-13(25)10-12;/h1-7,10-11,23,25H,8-9,21H2,(H,22,26);1H. The number of para-hydroxylation sites is 1. The maximum Gasteiger partial charge on any atom is 0.269 e. The summed E-state index contributed by atoms with van der Waals surface area (Å²) in [5, 5.41) is 14.5. The highest BCUT2D eigenvalue weighted by atomic mass is 35.5. The molecule has 6 nitrogen and oxygen atoms in total. The smallest absolute Gasteiger partial charge is 0.269 e. The Labute approximate surface area is 161 Å². The van der Waals surface area contributed by atoms with E-state index in [1.807, 2.05) is 30.3 Å². The molecule has 5 N–H and O–H groups in total. The van der Waals surface area contributed by atoms with Crippen molar-refractivity contribution >= 4 is 40.1 Å². The van der Waals surface area contributed by atoms with Crippen LogP contribution in [0, 0.1) is 0 Å². The van der Waals surface area contributed by atoms with E-state index in [1.165, 1.54) is 0 Å². The van der Waals surface area contributed by atoms with Crippen LogP contribution in [-0.4, -0.2) is 34.1 Å². The van der Waals surface area contributed by atoms with Gasteiger partial charge in [-0.05, 0) is 24.3 Å². The van der Waals surface area contributed by atoms with E-state index in [4.69, 9.17) is 5.73 Å². The largest absolute Gasteiger partial charge is 0.508 e. The lowest BCUT2D eigenvalue weighted by atomic mass is 10.1. The molecular weight excluding hydrogens is 364 g/mol. The third kappa shape index (κ3) is 3.45. The van der Waals surface area contributed by atoms with E-state index in [2.05, 4.69) is 15.3 Å². The Hall–Kier alpha value is -3.09. The van der Waals surface area contributed by atoms with Gasteiger partial charge < -0.3 is 21.1 Å². The molecule has 0 saturated heterocycles. The molecule has 0 aliphatic heterocycles. The molecule has 27 heavy (non-hydrogen) atoms.